The van der Waals surface area contributed by atoms with Crippen molar-refractivity contribution in [3.05, 3.63) is 101 Å². The number of carbonyl (C=O) groups excluding carboxylic acids is 1. The van der Waals surface area contributed by atoms with Crippen LogP contribution in [0.3, 0.4) is 0 Å². The van der Waals surface area contributed by atoms with Crippen molar-refractivity contribution in [1.82, 2.24) is 14.5 Å². The topological polar surface area (TPSA) is 83.6 Å². The molecule has 5 rings (SSSR count). The number of nitriles is 1. The maximum absolute atomic E-state index is 13.2. The van der Waals surface area contributed by atoms with E-state index in [0.29, 0.717) is 45.1 Å². The Morgan fingerprint density at radius 2 is 1.60 bits per heavy atom. The van der Waals surface area contributed by atoms with Crippen LogP contribution in [0.2, 0.25) is 5.02 Å². The predicted molar refractivity (Wildman–Crippen MR) is 139 cm³/mol. The van der Waals surface area contributed by atoms with Crippen molar-refractivity contribution in [3.8, 4) is 6.07 Å². The molecule has 35 heavy (non-hydrogen) atoms. The van der Waals surface area contributed by atoms with E-state index in [1.165, 1.54) is 0 Å². The van der Waals surface area contributed by atoms with Crippen LogP contribution in [0.5, 0.6) is 0 Å². The highest BCUT2D eigenvalue weighted by Crippen LogP contribution is 2.34. The van der Waals surface area contributed by atoms with Gasteiger partial charge in [0.2, 0.25) is 0 Å². The molecule has 0 saturated carbocycles. The molecule has 6 nitrogen and oxygen atoms in total. The average Bonchev–Trinajstić information content (AvgIpc) is 3.13. The molecule has 0 aliphatic rings. The number of hydrogen-bond donors (Lipinski definition) is 1. The van der Waals surface area contributed by atoms with Crippen molar-refractivity contribution >= 4 is 45.5 Å². The Labute approximate surface area is 207 Å². The van der Waals surface area contributed by atoms with Gasteiger partial charge in [-0.05, 0) is 29.8 Å². The van der Waals surface area contributed by atoms with Gasteiger partial charge in [0.15, 0.2) is 5.65 Å². The fourth-order valence-corrected chi connectivity index (χ4v) is 4.51. The zero-order valence-electron chi connectivity index (χ0n) is 19.3. The minimum Gasteiger partial charge on any atom is -0.309 e. The molecular formula is C28H22ClN5O. The number of aromatic nitrogens is 3. The lowest BCUT2D eigenvalue weighted by atomic mass is 9.84. The molecule has 0 aliphatic carbocycles. The molecule has 5 aromatic rings. The Morgan fingerprint density at radius 1 is 0.971 bits per heavy atom. The van der Waals surface area contributed by atoms with E-state index >= 15 is 0 Å². The summed E-state index contributed by atoms with van der Waals surface area (Å²) < 4.78 is 1.88. The zero-order chi connectivity index (χ0) is 24.6. The first-order chi connectivity index (χ1) is 16.9. The molecule has 2 aromatic heterocycles. The first kappa shape index (κ1) is 22.6. The number of halogens is 1. The maximum Gasteiger partial charge on any atom is 0.258 e. The second kappa shape index (κ2) is 8.86. The molecule has 1 amide bonds. The van der Waals surface area contributed by atoms with Crippen LogP contribution in [0.25, 0.3) is 22.2 Å². The summed E-state index contributed by atoms with van der Waals surface area (Å²) in [4.78, 5) is 22.8. The quantitative estimate of drug-likeness (QED) is 0.319. The van der Waals surface area contributed by atoms with Gasteiger partial charge in [0.05, 0.1) is 21.6 Å². The van der Waals surface area contributed by atoms with Gasteiger partial charge in [-0.3, -0.25) is 4.79 Å². The fraction of sp³-hybridized carbons (Fsp3) is 0.143. The van der Waals surface area contributed by atoms with Gasteiger partial charge in [0, 0.05) is 12.0 Å². The Hall–Kier alpha value is -4.21. The Balaban J connectivity index is 1.72. The molecule has 0 bridgehead atoms. The number of anilines is 1. The summed E-state index contributed by atoms with van der Waals surface area (Å²) in [6.45, 7) is 4.70. The predicted octanol–water partition coefficient (Wildman–Crippen LogP) is 6.34. The molecule has 0 radical (unpaired) electrons. The van der Waals surface area contributed by atoms with Gasteiger partial charge < -0.3 is 9.88 Å². The molecule has 0 unspecified atom stereocenters. The lowest BCUT2D eigenvalue weighted by Gasteiger charge is -2.27. The van der Waals surface area contributed by atoms with Crippen LogP contribution < -0.4 is 5.32 Å². The van der Waals surface area contributed by atoms with Crippen molar-refractivity contribution in [2.45, 2.75) is 25.8 Å². The molecule has 0 aliphatic heterocycles. The van der Waals surface area contributed by atoms with Gasteiger partial charge in [0.1, 0.15) is 23.0 Å². The van der Waals surface area contributed by atoms with Crippen molar-refractivity contribution < 1.29 is 4.79 Å². The molecule has 172 valence electrons. The summed E-state index contributed by atoms with van der Waals surface area (Å²) in [7, 11) is 0. The van der Waals surface area contributed by atoms with E-state index in [9.17, 15) is 10.1 Å². The number of benzene rings is 3. The van der Waals surface area contributed by atoms with Crippen molar-refractivity contribution in [2.75, 3.05) is 5.32 Å². The van der Waals surface area contributed by atoms with Gasteiger partial charge in [0.25, 0.3) is 5.91 Å². The number of nitrogens with zero attached hydrogens (tertiary/aromatic N) is 4. The first-order valence-electron chi connectivity index (χ1n) is 11.2. The number of nitrogens with one attached hydrogen (secondary N) is 1. The summed E-state index contributed by atoms with van der Waals surface area (Å²) in [5.74, 6) is -0.0510. The van der Waals surface area contributed by atoms with E-state index in [4.69, 9.17) is 21.6 Å². The fourth-order valence-electron chi connectivity index (χ4n) is 4.29. The van der Waals surface area contributed by atoms with E-state index in [1.807, 2.05) is 47.0 Å². The monoisotopic (exact) mass is 479 g/mol. The molecule has 2 heterocycles. The third-order valence-electron chi connectivity index (χ3n) is 6.12. The van der Waals surface area contributed by atoms with Crippen LogP contribution in [0.1, 0.15) is 35.3 Å². The lowest BCUT2D eigenvalue weighted by molar-refractivity contribution is 0.102. The van der Waals surface area contributed by atoms with Gasteiger partial charge in [-0.15, -0.1) is 0 Å². The Kier molecular flexibility index (Phi) is 5.72. The number of hydrogen-bond acceptors (Lipinski definition) is 4. The molecule has 0 fully saturated rings. The third-order valence-corrected chi connectivity index (χ3v) is 6.45. The molecule has 7 heteroatoms. The van der Waals surface area contributed by atoms with Gasteiger partial charge in [-0.25, -0.2) is 9.97 Å². The van der Waals surface area contributed by atoms with Gasteiger partial charge in [-0.1, -0.05) is 80.0 Å². The molecule has 0 spiro atoms. The molecule has 0 saturated heterocycles. The number of rotatable bonds is 5. The second-order valence-electron chi connectivity index (χ2n) is 8.99. The number of para-hydroxylation sites is 2. The lowest BCUT2D eigenvalue weighted by Crippen LogP contribution is -2.26. The van der Waals surface area contributed by atoms with E-state index in [-0.39, 0.29) is 11.0 Å². The van der Waals surface area contributed by atoms with Gasteiger partial charge in [-0.2, -0.15) is 5.26 Å². The summed E-state index contributed by atoms with van der Waals surface area (Å²) in [5.41, 5.74) is 3.76. The summed E-state index contributed by atoms with van der Waals surface area (Å²) >= 11 is 6.28. The molecule has 0 atom stereocenters. The Bertz CT molecular complexity index is 1620. The van der Waals surface area contributed by atoms with Crippen LogP contribution in [-0.4, -0.2) is 20.4 Å². The zero-order valence-corrected chi connectivity index (χ0v) is 20.0. The number of fused-ring (bicyclic) bond motifs is 2. The van der Waals surface area contributed by atoms with Crippen molar-refractivity contribution in [3.63, 3.8) is 0 Å². The number of amides is 1. The third kappa shape index (κ3) is 4.11. The van der Waals surface area contributed by atoms with E-state index in [1.54, 1.807) is 24.3 Å². The highest BCUT2D eigenvalue weighted by atomic mass is 35.5. The van der Waals surface area contributed by atoms with Gasteiger partial charge >= 0.3 is 0 Å². The van der Waals surface area contributed by atoms with Crippen LogP contribution in [0.15, 0.2) is 78.9 Å². The summed E-state index contributed by atoms with van der Waals surface area (Å²) in [5, 5.41) is 13.4. The highest BCUT2D eigenvalue weighted by molar-refractivity contribution is 6.34. The van der Waals surface area contributed by atoms with Crippen LogP contribution >= 0.6 is 11.6 Å². The second-order valence-corrected chi connectivity index (χ2v) is 9.40. The molecular weight excluding hydrogens is 458 g/mol. The largest absolute Gasteiger partial charge is 0.309 e. The minimum atomic E-state index is -0.404. The molecule has 3 aromatic carbocycles. The van der Waals surface area contributed by atoms with Crippen LogP contribution in [-0.2, 0) is 12.0 Å². The SMILES string of the molecule is CC(C)(Cn1c(NC(=O)c2ccccc2Cl)c(C#N)c2nc3ccccc3nc21)c1ccccc1. The van der Waals surface area contributed by atoms with E-state index in [0.717, 1.165) is 5.56 Å². The summed E-state index contributed by atoms with van der Waals surface area (Å²) in [6, 6.07) is 26.7. The Morgan fingerprint density at radius 3 is 2.29 bits per heavy atom. The molecule has 1 N–H and O–H groups in total. The number of carbonyl (C=O) groups is 1. The summed E-state index contributed by atoms with van der Waals surface area (Å²) in [6.07, 6.45) is 0. The van der Waals surface area contributed by atoms with Crippen molar-refractivity contribution in [2.24, 2.45) is 0 Å². The van der Waals surface area contributed by atoms with Crippen LogP contribution in [0, 0.1) is 11.3 Å². The van der Waals surface area contributed by atoms with Crippen LogP contribution in [0.4, 0.5) is 5.82 Å². The van der Waals surface area contributed by atoms with E-state index in [2.05, 4.69) is 37.4 Å². The van der Waals surface area contributed by atoms with E-state index < -0.39 is 5.91 Å². The minimum absolute atomic E-state index is 0.266. The van der Waals surface area contributed by atoms with Crippen molar-refractivity contribution in [1.29, 1.82) is 5.26 Å². The highest BCUT2D eigenvalue weighted by Gasteiger charge is 2.28. The average molecular weight is 480 g/mol. The first-order valence-corrected chi connectivity index (χ1v) is 11.6. The maximum atomic E-state index is 13.2. The standard InChI is InChI=1S/C28H22ClN5O/c1-28(2,18-10-4-3-5-11-18)17-34-25(33-27(35)19-12-6-7-13-21(19)29)20(16-30)24-26(34)32-23-15-9-8-14-22(23)31-24/h3-15H,17H2,1-2H3,(H,33,35). The normalized spacial score (nSPS) is 11.5. The smallest absolute Gasteiger partial charge is 0.258 e.